The molecule has 1 heterocycles. The van der Waals surface area contributed by atoms with Crippen molar-refractivity contribution in [3.05, 3.63) is 59.2 Å². The average Bonchev–Trinajstić information content (AvgIpc) is 2.69. The largest absolute Gasteiger partial charge is 0.497 e. The summed E-state index contributed by atoms with van der Waals surface area (Å²) in [4.78, 5) is 15.5. The van der Waals surface area contributed by atoms with Crippen LogP contribution >= 0.6 is 0 Å². The Labute approximate surface area is 155 Å². The highest BCUT2D eigenvalue weighted by molar-refractivity contribution is 6.00. The van der Waals surface area contributed by atoms with E-state index in [1.54, 1.807) is 20.3 Å². The van der Waals surface area contributed by atoms with Gasteiger partial charge in [-0.2, -0.15) is 0 Å². The number of rotatable bonds is 6. The molecule has 4 nitrogen and oxygen atoms in total. The van der Waals surface area contributed by atoms with Gasteiger partial charge in [-0.25, -0.2) is 0 Å². The van der Waals surface area contributed by atoms with Crippen LogP contribution in [0.3, 0.4) is 0 Å². The molecule has 0 aromatic heterocycles. The fourth-order valence-electron chi connectivity index (χ4n) is 3.66. The van der Waals surface area contributed by atoms with Crippen LogP contribution < -0.4 is 9.47 Å². The highest BCUT2D eigenvalue weighted by Gasteiger charge is 2.28. The van der Waals surface area contributed by atoms with Gasteiger partial charge in [0.25, 0.3) is 0 Å². The minimum Gasteiger partial charge on any atom is -0.497 e. The van der Waals surface area contributed by atoms with Gasteiger partial charge in [0.2, 0.25) is 0 Å². The van der Waals surface area contributed by atoms with Crippen molar-refractivity contribution in [2.45, 2.75) is 26.3 Å². The molecule has 0 spiro atoms. The fraction of sp³-hybridized carbons (Fsp3) is 0.409. The number of nitrogens with zero attached hydrogens (tertiary/aromatic N) is 1. The third kappa shape index (κ3) is 4.07. The second kappa shape index (κ2) is 8.37. The highest BCUT2D eigenvalue weighted by Crippen LogP contribution is 2.30. The maximum atomic E-state index is 13.1. The molecule has 1 aliphatic rings. The molecule has 26 heavy (non-hydrogen) atoms. The molecule has 0 bridgehead atoms. The molecule has 4 heteroatoms. The van der Waals surface area contributed by atoms with Gasteiger partial charge in [0, 0.05) is 25.1 Å². The lowest BCUT2D eigenvalue weighted by Crippen LogP contribution is -2.38. The Morgan fingerprint density at radius 1 is 1.15 bits per heavy atom. The summed E-state index contributed by atoms with van der Waals surface area (Å²) < 4.78 is 10.7. The van der Waals surface area contributed by atoms with E-state index in [9.17, 15) is 4.79 Å². The number of aryl methyl sites for hydroxylation is 1. The zero-order chi connectivity index (χ0) is 18.5. The summed E-state index contributed by atoms with van der Waals surface area (Å²) in [7, 11) is 3.21. The van der Waals surface area contributed by atoms with E-state index in [1.807, 2.05) is 12.1 Å². The average molecular weight is 353 g/mol. The number of benzene rings is 2. The predicted octanol–water partition coefficient (Wildman–Crippen LogP) is 4.11. The lowest BCUT2D eigenvalue weighted by atomic mass is 9.89. The number of ether oxygens (including phenoxy) is 2. The van der Waals surface area contributed by atoms with E-state index in [2.05, 4.69) is 36.1 Å². The molecule has 1 atom stereocenters. The first-order valence-corrected chi connectivity index (χ1v) is 9.15. The van der Waals surface area contributed by atoms with Gasteiger partial charge in [0.15, 0.2) is 5.78 Å². The van der Waals surface area contributed by atoms with Crippen molar-refractivity contribution in [2.75, 3.05) is 27.3 Å². The maximum absolute atomic E-state index is 13.1. The predicted molar refractivity (Wildman–Crippen MR) is 103 cm³/mol. The molecule has 2 aromatic rings. The Bertz CT molecular complexity index is 772. The van der Waals surface area contributed by atoms with Crippen molar-refractivity contribution in [3.8, 4) is 11.5 Å². The van der Waals surface area contributed by atoms with Gasteiger partial charge in [-0.3, -0.25) is 9.69 Å². The summed E-state index contributed by atoms with van der Waals surface area (Å²) in [6, 6.07) is 13.9. The van der Waals surface area contributed by atoms with Gasteiger partial charge >= 0.3 is 0 Å². The van der Waals surface area contributed by atoms with Crippen LogP contribution in [0.4, 0.5) is 0 Å². The van der Waals surface area contributed by atoms with Crippen molar-refractivity contribution in [3.63, 3.8) is 0 Å². The molecule has 1 fully saturated rings. The van der Waals surface area contributed by atoms with Gasteiger partial charge in [-0.05, 0) is 49.6 Å². The van der Waals surface area contributed by atoms with Gasteiger partial charge in [-0.1, -0.05) is 24.3 Å². The normalized spacial score (nSPS) is 17.7. The Kier molecular flexibility index (Phi) is 5.94. The number of hydrogen-bond donors (Lipinski definition) is 0. The van der Waals surface area contributed by atoms with E-state index in [-0.39, 0.29) is 11.7 Å². The number of carbonyl (C=O) groups excluding carboxylic acids is 1. The van der Waals surface area contributed by atoms with Crippen LogP contribution in [-0.4, -0.2) is 38.0 Å². The number of ketones is 1. The molecule has 0 unspecified atom stereocenters. The van der Waals surface area contributed by atoms with Crippen LogP contribution in [0.25, 0.3) is 0 Å². The summed E-state index contributed by atoms with van der Waals surface area (Å²) in [6.07, 6.45) is 1.97. The van der Waals surface area contributed by atoms with Crippen LogP contribution in [-0.2, 0) is 6.54 Å². The Morgan fingerprint density at radius 3 is 2.69 bits per heavy atom. The van der Waals surface area contributed by atoms with Gasteiger partial charge in [-0.15, -0.1) is 0 Å². The molecule has 1 saturated heterocycles. The second-order valence-electron chi connectivity index (χ2n) is 6.93. The standard InChI is InChI=1S/C22H27NO3/c1-16-7-4-5-8-17(16)14-23-12-6-9-18(15-23)22(24)20-11-10-19(25-2)13-21(20)26-3/h4-5,7-8,10-11,13,18H,6,9,12,14-15H2,1-3H3/t18-/m1/s1. The van der Waals surface area contributed by atoms with E-state index in [0.29, 0.717) is 17.1 Å². The lowest BCUT2D eigenvalue weighted by molar-refractivity contribution is 0.0808. The molecule has 0 saturated carbocycles. The third-order valence-corrected chi connectivity index (χ3v) is 5.21. The van der Waals surface area contributed by atoms with Crippen molar-refractivity contribution < 1.29 is 14.3 Å². The number of carbonyl (C=O) groups is 1. The molecule has 0 aliphatic carbocycles. The van der Waals surface area contributed by atoms with Crippen LogP contribution in [0, 0.1) is 12.8 Å². The van der Waals surface area contributed by atoms with Crippen molar-refractivity contribution in [1.82, 2.24) is 4.90 Å². The van der Waals surface area contributed by atoms with Gasteiger partial charge in [0.05, 0.1) is 19.8 Å². The monoisotopic (exact) mass is 353 g/mol. The Hall–Kier alpha value is -2.33. The number of likely N-dealkylation sites (tertiary alicyclic amines) is 1. The minimum atomic E-state index is 0.00932. The van der Waals surface area contributed by atoms with Gasteiger partial charge in [0.1, 0.15) is 11.5 Å². The molecule has 0 N–H and O–H groups in total. The SMILES string of the molecule is COc1ccc(C(=O)[C@@H]2CCCN(Cc3ccccc3C)C2)c(OC)c1. The first-order valence-electron chi connectivity index (χ1n) is 9.15. The van der Waals surface area contributed by atoms with Crippen molar-refractivity contribution in [1.29, 1.82) is 0 Å². The van der Waals surface area contributed by atoms with Crippen molar-refractivity contribution in [2.24, 2.45) is 5.92 Å². The summed E-state index contributed by atoms with van der Waals surface area (Å²) >= 11 is 0. The molecule has 138 valence electrons. The molecular formula is C22H27NO3. The molecule has 3 rings (SSSR count). The molecular weight excluding hydrogens is 326 g/mol. The summed E-state index contributed by atoms with van der Waals surface area (Å²) in [6.45, 7) is 4.88. The van der Waals surface area contributed by atoms with Crippen LogP contribution in [0.2, 0.25) is 0 Å². The van der Waals surface area contributed by atoms with Crippen LogP contribution in [0.1, 0.15) is 34.3 Å². The van der Waals surface area contributed by atoms with E-state index in [4.69, 9.17) is 9.47 Å². The Balaban J connectivity index is 1.73. The number of hydrogen-bond acceptors (Lipinski definition) is 4. The molecule has 1 aliphatic heterocycles. The van der Waals surface area contributed by atoms with Crippen molar-refractivity contribution >= 4 is 5.78 Å². The first-order chi connectivity index (χ1) is 12.6. The Morgan fingerprint density at radius 2 is 1.96 bits per heavy atom. The number of Topliss-reactive ketones (excluding diaryl/α,β-unsaturated/α-hetero) is 1. The van der Waals surface area contributed by atoms with Gasteiger partial charge < -0.3 is 9.47 Å². The summed E-state index contributed by atoms with van der Waals surface area (Å²) in [5.41, 5.74) is 3.29. The number of methoxy groups -OCH3 is 2. The summed E-state index contributed by atoms with van der Waals surface area (Å²) in [5, 5.41) is 0. The van der Waals surface area contributed by atoms with E-state index in [1.165, 1.54) is 11.1 Å². The second-order valence-corrected chi connectivity index (χ2v) is 6.93. The fourth-order valence-corrected chi connectivity index (χ4v) is 3.66. The topological polar surface area (TPSA) is 38.8 Å². The molecule has 2 aromatic carbocycles. The highest BCUT2D eigenvalue weighted by atomic mass is 16.5. The smallest absolute Gasteiger partial charge is 0.170 e. The van der Waals surface area contributed by atoms with E-state index in [0.717, 1.165) is 32.5 Å². The minimum absolute atomic E-state index is 0.00932. The van der Waals surface area contributed by atoms with Crippen LogP contribution in [0.5, 0.6) is 11.5 Å². The molecule has 0 amide bonds. The van der Waals surface area contributed by atoms with E-state index < -0.39 is 0 Å². The maximum Gasteiger partial charge on any atom is 0.170 e. The summed E-state index contributed by atoms with van der Waals surface area (Å²) in [5.74, 6) is 1.46. The molecule has 0 radical (unpaired) electrons. The zero-order valence-electron chi connectivity index (χ0n) is 15.8. The zero-order valence-corrected chi connectivity index (χ0v) is 15.8. The first kappa shape index (κ1) is 18.5. The third-order valence-electron chi connectivity index (χ3n) is 5.21. The lowest BCUT2D eigenvalue weighted by Gasteiger charge is -2.32. The quantitative estimate of drug-likeness (QED) is 0.733. The van der Waals surface area contributed by atoms with Crippen LogP contribution in [0.15, 0.2) is 42.5 Å². The number of piperidine rings is 1. The van der Waals surface area contributed by atoms with E-state index >= 15 is 0 Å².